The van der Waals surface area contributed by atoms with Crippen LogP contribution in [0.25, 0.3) is 0 Å². The van der Waals surface area contributed by atoms with Crippen molar-refractivity contribution in [2.24, 2.45) is 0 Å². The molecule has 0 amide bonds. The van der Waals surface area contributed by atoms with Gasteiger partial charge in [-0.3, -0.25) is 0 Å². The molecule has 2 unspecified atom stereocenters. The van der Waals surface area contributed by atoms with E-state index in [9.17, 15) is 0 Å². The fourth-order valence-electron chi connectivity index (χ4n) is 3.90. The summed E-state index contributed by atoms with van der Waals surface area (Å²) < 4.78 is 12.6. The van der Waals surface area contributed by atoms with Crippen molar-refractivity contribution < 1.29 is 9.31 Å². The zero-order valence-corrected chi connectivity index (χ0v) is 15.8. The third-order valence-corrected chi connectivity index (χ3v) is 6.23. The molecule has 1 aliphatic carbocycles. The van der Waals surface area contributed by atoms with Gasteiger partial charge in [-0.25, -0.2) is 0 Å². The first-order chi connectivity index (χ1) is 11.3. The summed E-state index contributed by atoms with van der Waals surface area (Å²) in [6.45, 7) is 10.8. The molecule has 1 aromatic rings. The lowest BCUT2D eigenvalue weighted by Gasteiger charge is -2.32. The van der Waals surface area contributed by atoms with Gasteiger partial charge in [-0.15, -0.1) is 0 Å². The summed E-state index contributed by atoms with van der Waals surface area (Å²) >= 11 is 0. The van der Waals surface area contributed by atoms with Crippen LogP contribution in [0.1, 0.15) is 71.8 Å². The minimum Gasteiger partial charge on any atom is -0.403 e. The average molecular weight is 326 g/mol. The van der Waals surface area contributed by atoms with E-state index >= 15 is 0 Å². The van der Waals surface area contributed by atoms with Crippen molar-refractivity contribution in [3.05, 3.63) is 47.5 Å². The fraction of sp³-hybridized carbons (Fsp3) is 0.619. The quantitative estimate of drug-likeness (QED) is 0.518. The summed E-state index contributed by atoms with van der Waals surface area (Å²) in [6.07, 6.45) is 7.04. The van der Waals surface area contributed by atoms with Gasteiger partial charge in [-0.1, -0.05) is 55.3 Å². The van der Waals surface area contributed by atoms with Crippen molar-refractivity contribution in [2.45, 2.75) is 83.2 Å². The Balaban J connectivity index is 1.71. The van der Waals surface area contributed by atoms with Crippen LogP contribution in [0.3, 0.4) is 0 Å². The molecule has 2 aliphatic rings. The van der Waals surface area contributed by atoms with E-state index in [1.54, 1.807) is 0 Å². The van der Waals surface area contributed by atoms with E-state index in [0.29, 0.717) is 11.7 Å². The maximum atomic E-state index is 6.32. The zero-order chi connectivity index (χ0) is 17.4. The highest BCUT2D eigenvalue weighted by atomic mass is 16.7. The Morgan fingerprint density at radius 2 is 1.71 bits per heavy atom. The number of hydrogen-bond acceptors (Lipinski definition) is 2. The predicted octanol–water partition coefficient (Wildman–Crippen LogP) is 5.75. The largest absolute Gasteiger partial charge is 0.465 e. The molecule has 1 saturated heterocycles. The normalized spacial score (nSPS) is 27.0. The number of allylic oxidation sites excluding steroid dienone is 2. The molecule has 1 aliphatic heterocycles. The lowest BCUT2D eigenvalue weighted by Crippen LogP contribution is -2.41. The summed E-state index contributed by atoms with van der Waals surface area (Å²) in [6, 6.07) is 10.9. The first kappa shape index (κ1) is 17.8. The Labute approximate surface area is 147 Å². The highest BCUT2D eigenvalue weighted by Gasteiger charge is 2.53. The van der Waals surface area contributed by atoms with Crippen molar-refractivity contribution in [3.8, 4) is 0 Å². The molecule has 1 fully saturated rings. The van der Waals surface area contributed by atoms with Crippen molar-refractivity contribution in [1.82, 2.24) is 0 Å². The zero-order valence-electron chi connectivity index (χ0n) is 15.8. The molecule has 0 saturated carbocycles. The second-order valence-electron chi connectivity index (χ2n) is 8.30. The Kier molecular flexibility index (Phi) is 4.95. The highest BCUT2D eigenvalue weighted by Crippen LogP contribution is 2.45. The van der Waals surface area contributed by atoms with Gasteiger partial charge in [0.15, 0.2) is 0 Å². The molecule has 3 rings (SSSR count). The van der Waals surface area contributed by atoms with Gasteiger partial charge in [0.25, 0.3) is 0 Å². The van der Waals surface area contributed by atoms with Gasteiger partial charge in [0, 0.05) is 5.82 Å². The summed E-state index contributed by atoms with van der Waals surface area (Å²) in [5.74, 6) is 1.04. The summed E-state index contributed by atoms with van der Waals surface area (Å²) in [7, 11) is -0.112. The van der Waals surface area contributed by atoms with Gasteiger partial charge >= 0.3 is 7.12 Å². The molecular weight excluding hydrogens is 295 g/mol. The standard InChI is InChI=1S/C21H31BO2/c1-6-19(22-23-20(2,3)21(4,5)24-22)18-14-12-17(13-15-18)16-10-8-7-9-11-16/h7-11,14,17,19H,6,12-13,15H2,1-5H3. The smallest absolute Gasteiger partial charge is 0.403 e. The van der Waals surface area contributed by atoms with Crippen LogP contribution in [0.2, 0.25) is 5.82 Å². The van der Waals surface area contributed by atoms with Gasteiger partial charge in [0.1, 0.15) is 0 Å². The third kappa shape index (κ3) is 3.34. The molecule has 0 radical (unpaired) electrons. The van der Waals surface area contributed by atoms with Crippen molar-refractivity contribution in [3.63, 3.8) is 0 Å². The fourth-order valence-corrected chi connectivity index (χ4v) is 3.90. The van der Waals surface area contributed by atoms with Crippen LogP contribution in [0.15, 0.2) is 42.0 Å². The maximum absolute atomic E-state index is 6.32. The van der Waals surface area contributed by atoms with Crippen molar-refractivity contribution in [1.29, 1.82) is 0 Å². The van der Waals surface area contributed by atoms with E-state index in [2.05, 4.69) is 71.0 Å². The first-order valence-corrected chi connectivity index (χ1v) is 9.43. The molecule has 2 nitrogen and oxygen atoms in total. The van der Waals surface area contributed by atoms with Crippen LogP contribution in [-0.2, 0) is 9.31 Å². The molecule has 24 heavy (non-hydrogen) atoms. The first-order valence-electron chi connectivity index (χ1n) is 9.43. The minimum atomic E-state index is -0.243. The van der Waals surface area contributed by atoms with Gasteiger partial charge < -0.3 is 9.31 Å². The Hall–Kier alpha value is -1.06. The van der Waals surface area contributed by atoms with Crippen molar-refractivity contribution >= 4 is 7.12 Å². The SMILES string of the molecule is CCC(B1OC(C)(C)C(C)(C)O1)C1=CCC(c2ccccc2)CC1. The summed E-state index contributed by atoms with van der Waals surface area (Å²) in [5.41, 5.74) is 2.51. The van der Waals surface area contributed by atoms with Crippen LogP contribution in [0.4, 0.5) is 0 Å². The highest BCUT2D eigenvalue weighted by molar-refractivity contribution is 6.48. The van der Waals surface area contributed by atoms with Crippen LogP contribution in [0.5, 0.6) is 0 Å². The summed E-state index contributed by atoms with van der Waals surface area (Å²) in [4.78, 5) is 0. The number of rotatable bonds is 4. The van der Waals surface area contributed by atoms with Crippen LogP contribution in [-0.4, -0.2) is 18.3 Å². The van der Waals surface area contributed by atoms with Crippen LogP contribution in [0, 0.1) is 0 Å². The molecule has 1 heterocycles. The Morgan fingerprint density at radius 3 is 2.21 bits per heavy atom. The van der Waals surface area contributed by atoms with Crippen LogP contribution >= 0.6 is 0 Å². The molecule has 3 heteroatoms. The van der Waals surface area contributed by atoms with E-state index in [-0.39, 0.29) is 18.3 Å². The number of benzene rings is 1. The van der Waals surface area contributed by atoms with E-state index in [1.165, 1.54) is 17.6 Å². The second kappa shape index (κ2) is 6.69. The van der Waals surface area contributed by atoms with Gasteiger partial charge in [0.2, 0.25) is 0 Å². The van der Waals surface area contributed by atoms with Gasteiger partial charge in [-0.2, -0.15) is 0 Å². The number of hydrogen-bond donors (Lipinski definition) is 0. The molecule has 2 atom stereocenters. The molecule has 0 aromatic heterocycles. The molecule has 0 spiro atoms. The second-order valence-corrected chi connectivity index (χ2v) is 8.30. The minimum absolute atomic E-state index is 0.112. The average Bonchev–Trinajstić information content (AvgIpc) is 2.77. The lowest BCUT2D eigenvalue weighted by molar-refractivity contribution is 0.00578. The van der Waals surface area contributed by atoms with E-state index in [0.717, 1.165) is 19.3 Å². The third-order valence-electron chi connectivity index (χ3n) is 6.23. The van der Waals surface area contributed by atoms with E-state index in [1.807, 2.05) is 0 Å². The Bertz CT molecular complexity index is 575. The monoisotopic (exact) mass is 326 g/mol. The molecule has 130 valence electrons. The molecular formula is C21H31BO2. The van der Waals surface area contributed by atoms with E-state index in [4.69, 9.17) is 9.31 Å². The molecule has 1 aromatic carbocycles. The maximum Gasteiger partial charge on any atom is 0.465 e. The topological polar surface area (TPSA) is 18.5 Å². The summed E-state index contributed by atoms with van der Waals surface area (Å²) in [5, 5.41) is 0. The van der Waals surface area contributed by atoms with Gasteiger partial charge in [-0.05, 0) is 58.4 Å². The van der Waals surface area contributed by atoms with E-state index < -0.39 is 0 Å². The lowest BCUT2D eigenvalue weighted by atomic mass is 9.63. The molecule has 0 N–H and O–H groups in total. The Morgan fingerprint density at radius 1 is 1.08 bits per heavy atom. The predicted molar refractivity (Wildman–Crippen MR) is 101 cm³/mol. The van der Waals surface area contributed by atoms with Gasteiger partial charge in [0.05, 0.1) is 11.2 Å². The van der Waals surface area contributed by atoms with Crippen molar-refractivity contribution in [2.75, 3.05) is 0 Å². The molecule has 0 bridgehead atoms. The van der Waals surface area contributed by atoms with Crippen LogP contribution < -0.4 is 0 Å².